The summed E-state index contributed by atoms with van der Waals surface area (Å²) in [7, 11) is 0. The lowest BCUT2D eigenvalue weighted by Gasteiger charge is -2.12. The standard InChI is InChI=1S/C14H18N4O2/c1-3-11(4-2)17-9-13(15)14(16-17)10-5-7-12(8-6-10)18(19)20/h5-9,11H,3-4,15H2,1-2H3. The molecule has 1 heterocycles. The third-order valence-electron chi connectivity index (χ3n) is 3.43. The van der Waals surface area contributed by atoms with Gasteiger partial charge in [-0.15, -0.1) is 0 Å². The Morgan fingerprint density at radius 1 is 1.30 bits per heavy atom. The van der Waals surface area contributed by atoms with Gasteiger partial charge in [-0.3, -0.25) is 14.8 Å². The van der Waals surface area contributed by atoms with Crippen molar-refractivity contribution in [3.8, 4) is 11.3 Å². The maximum atomic E-state index is 10.6. The molecule has 6 heteroatoms. The summed E-state index contributed by atoms with van der Waals surface area (Å²) in [6.07, 6.45) is 3.79. The number of hydrogen-bond donors (Lipinski definition) is 1. The first kappa shape index (κ1) is 14.0. The second-order valence-electron chi connectivity index (χ2n) is 4.69. The number of nitrogens with zero attached hydrogens (tertiary/aromatic N) is 3. The maximum absolute atomic E-state index is 10.6. The van der Waals surface area contributed by atoms with Crippen molar-refractivity contribution in [1.82, 2.24) is 9.78 Å². The van der Waals surface area contributed by atoms with Crippen molar-refractivity contribution < 1.29 is 4.92 Å². The second-order valence-corrected chi connectivity index (χ2v) is 4.69. The van der Waals surface area contributed by atoms with Gasteiger partial charge in [0.25, 0.3) is 5.69 Å². The van der Waals surface area contributed by atoms with Crippen LogP contribution in [0, 0.1) is 10.1 Å². The van der Waals surface area contributed by atoms with Crippen LogP contribution in [-0.4, -0.2) is 14.7 Å². The van der Waals surface area contributed by atoms with Crippen LogP contribution in [0.15, 0.2) is 30.5 Å². The van der Waals surface area contributed by atoms with Crippen molar-refractivity contribution in [2.45, 2.75) is 32.7 Å². The second kappa shape index (κ2) is 5.73. The molecule has 0 aliphatic carbocycles. The third kappa shape index (κ3) is 2.64. The van der Waals surface area contributed by atoms with Gasteiger partial charge in [0, 0.05) is 23.9 Å². The summed E-state index contributed by atoms with van der Waals surface area (Å²) in [4.78, 5) is 10.2. The Morgan fingerprint density at radius 2 is 1.90 bits per heavy atom. The normalized spacial score (nSPS) is 10.9. The van der Waals surface area contributed by atoms with Crippen LogP contribution in [0.3, 0.4) is 0 Å². The molecular weight excluding hydrogens is 256 g/mol. The van der Waals surface area contributed by atoms with E-state index in [-0.39, 0.29) is 5.69 Å². The molecule has 0 aliphatic heterocycles. The van der Waals surface area contributed by atoms with Gasteiger partial charge in [0.1, 0.15) is 5.69 Å². The molecule has 0 saturated carbocycles. The molecular formula is C14H18N4O2. The van der Waals surface area contributed by atoms with Crippen LogP contribution in [0.25, 0.3) is 11.3 Å². The first-order chi connectivity index (χ1) is 9.56. The molecule has 106 valence electrons. The summed E-state index contributed by atoms with van der Waals surface area (Å²) < 4.78 is 1.88. The van der Waals surface area contributed by atoms with Crippen molar-refractivity contribution in [1.29, 1.82) is 0 Å². The maximum Gasteiger partial charge on any atom is 0.269 e. The number of hydrogen-bond acceptors (Lipinski definition) is 4. The van der Waals surface area contributed by atoms with E-state index in [1.54, 1.807) is 12.1 Å². The molecule has 2 rings (SSSR count). The van der Waals surface area contributed by atoms with E-state index < -0.39 is 4.92 Å². The number of benzene rings is 1. The topological polar surface area (TPSA) is 87.0 Å². The lowest BCUT2D eigenvalue weighted by atomic mass is 10.1. The van der Waals surface area contributed by atoms with E-state index in [0.717, 1.165) is 18.4 Å². The van der Waals surface area contributed by atoms with Crippen LogP contribution < -0.4 is 5.73 Å². The molecule has 0 radical (unpaired) electrons. The Hall–Kier alpha value is -2.37. The van der Waals surface area contributed by atoms with Crippen molar-refractivity contribution in [3.05, 3.63) is 40.6 Å². The predicted octanol–water partition coefficient (Wildman–Crippen LogP) is 3.40. The van der Waals surface area contributed by atoms with E-state index in [1.165, 1.54) is 12.1 Å². The van der Waals surface area contributed by atoms with Crippen LogP contribution in [0.2, 0.25) is 0 Å². The Morgan fingerprint density at radius 3 is 2.40 bits per heavy atom. The van der Waals surface area contributed by atoms with E-state index >= 15 is 0 Å². The van der Waals surface area contributed by atoms with E-state index in [9.17, 15) is 10.1 Å². The number of non-ortho nitro benzene ring substituents is 1. The number of nitro groups is 1. The molecule has 6 nitrogen and oxygen atoms in total. The number of aromatic nitrogens is 2. The van der Waals surface area contributed by atoms with Gasteiger partial charge in [-0.1, -0.05) is 13.8 Å². The minimum Gasteiger partial charge on any atom is -0.396 e. The Kier molecular flexibility index (Phi) is 4.02. The molecule has 0 aliphatic rings. The average Bonchev–Trinajstić information content (AvgIpc) is 2.82. The summed E-state index contributed by atoms with van der Waals surface area (Å²) in [5, 5.41) is 15.2. The summed E-state index contributed by atoms with van der Waals surface area (Å²) in [6, 6.07) is 6.60. The van der Waals surface area contributed by atoms with E-state index in [0.29, 0.717) is 17.4 Å². The Bertz CT molecular complexity index is 600. The summed E-state index contributed by atoms with van der Waals surface area (Å²) >= 11 is 0. The van der Waals surface area contributed by atoms with E-state index in [2.05, 4.69) is 18.9 Å². The molecule has 0 fully saturated rings. The SMILES string of the molecule is CCC(CC)n1cc(N)c(-c2ccc([N+](=O)[O-])cc2)n1. The van der Waals surface area contributed by atoms with Crippen molar-refractivity contribution in [3.63, 3.8) is 0 Å². The Balaban J connectivity index is 2.35. The lowest BCUT2D eigenvalue weighted by molar-refractivity contribution is -0.384. The molecule has 2 aromatic rings. The summed E-state index contributed by atoms with van der Waals surface area (Å²) in [6.45, 7) is 4.22. The van der Waals surface area contributed by atoms with Crippen LogP contribution >= 0.6 is 0 Å². The van der Waals surface area contributed by atoms with Gasteiger partial charge in [0.05, 0.1) is 16.7 Å². The minimum atomic E-state index is -0.421. The first-order valence-electron chi connectivity index (χ1n) is 6.66. The first-order valence-corrected chi connectivity index (χ1v) is 6.66. The fourth-order valence-electron chi connectivity index (χ4n) is 2.22. The highest BCUT2D eigenvalue weighted by Gasteiger charge is 2.14. The number of nitrogen functional groups attached to an aromatic ring is 1. The average molecular weight is 274 g/mol. The third-order valence-corrected chi connectivity index (χ3v) is 3.43. The lowest BCUT2D eigenvalue weighted by Crippen LogP contribution is -2.07. The van der Waals surface area contributed by atoms with E-state index in [4.69, 9.17) is 5.73 Å². The molecule has 0 spiro atoms. The number of rotatable bonds is 5. The van der Waals surface area contributed by atoms with Gasteiger partial charge < -0.3 is 5.73 Å². The fraction of sp³-hybridized carbons (Fsp3) is 0.357. The van der Waals surface area contributed by atoms with Crippen molar-refractivity contribution in [2.75, 3.05) is 5.73 Å². The smallest absolute Gasteiger partial charge is 0.269 e. The number of nitro benzene ring substituents is 1. The highest BCUT2D eigenvalue weighted by molar-refractivity contribution is 5.72. The molecule has 0 saturated heterocycles. The summed E-state index contributed by atoms with van der Waals surface area (Å²) in [5.41, 5.74) is 8.11. The quantitative estimate of drug-likeness (QED) is 0.668. The highest BCUT2D eigenvalue weighted by Crippen LogP contribution is 2.28. The van der Waals surface area contributed by atoms with Crippen LogP contribution in [0.5, 0.6) is 0 Å². The van der Waals surface area contributed by atoms with Crippen LogP contribution in [0.1, 0.15) is 32.7 Å². The van der Waals surface area contributed by atoms with Gasteiger partial charge >= 0.3 is 0 Å². The molecule has 20 heavy (non-hydrogen) atoms. The number of nitrogens with two attached hydrogens (primary N) is 1. The van der Waals surface area contributed by atoms with Crippen molar-refractivity contribution >= 4 is 11.4 Å². The monoisotopic (exact) mass is 274 g/mol. The zero-order valence-corrected chi connectivity index (χ0v) is 11.6. The van der Waals surface area contributed by atoms with Gasteiger partial charge in [0.2, 0.25) is 0 Å². The summed E-state index contributed by atoms with van der Waals surface area (Å²) in [5.74, 6) is 0. The van der Waals surface area contributed by atoms with Gasteiger partial charge in [-0.05, 0) is 25.0 Å². The van der Waals surface area contributed by atoms with Crippen LogP contribution in [-0.2, 0) is 0 Å². The van der Waals surface area contributed by atoms with Gasteiger partial charge in [-0.25, -0.2) is 0 Å². The largest absolute Gasteiger partial charge is 0.396 e. The molecule has 1 aromatic heterocycles. The molecule has 2 N–H and O–H groups in total. The molecule has 0 amide bonds. The molecule has 0 atom stereocenters. The molecule has 1 aromatic carbocycles. The van der Waals surface area contributed by atoms with E-state index in [1.807, 2.05) is 10.9 Å². The molecule has 0 bridgehead atoms. The predicted molar refractivity (Wildman–Crippen MR) is 78.3 cm³/mol. The zero-order chi connectivity index (χ0) is 14.7. The minimum absolute atomic E-state index is 0.0618. The number of anilines is 1. The zero-order valence-electron chi connectivity index (χ0n) is 11.6. The Labute approximate surface area is 117 Å². The van der Waals surface area contributed by atoms with Gasteiger partial charge in [0.15, 0.2) is 0 Å². The van der Waals surface area contributed by atoms with Crippen LogP contribution in [0.4, 0.5) is 11.4 Å². The molecule has 0 unspecified atom stereocenters. The van der Waals surface area contributed by atoms with Gasteiger partial charge in [-0.2, -0.15) is 5.10 Å². The fourth-order valence-corrected chi connectivity index (χ4v) is 2.22. The van der Waals surface area contributed by atoms with Crippen molar-refractivity contribution in [2.24, 2.45) is 0 Å². The highest BCUT2D eigenvalue weighted by atomic mass is 16.6.